The zero-order valence-corrected chi connectivity index (χ0v) is 11.3. The maximum atomic E-state index is 11.6. The number of hydrogen-bond acceptors (Lipinski definition) is 3. The molecule has 1 rings (SSSR count). The number of thiol groups is 1. The van der Waals surface area contributed by atoms with Gasteiger partial charge in [0.1, 0.15) is 0 Å². The van der Waals surface area contributed by atoms with Crippen LogP contribution in [0.3, 0.4) is 0 Å². The van der Waals surface area contributed by atoms with E-state index in [1.807, 2.05) is 18.4 Å². The summed E-state index contributed by atoms with van der Waals surface area (Å²) in [5.74, 6) is 1.58. The van der Waals surface area contributed by atoms with Crippen molar-refractivity contribution in [3.8, 4) is 0 Å². The van der Waals surface area contributed by atoms with Crippen molar-refractivity contribution in [3.05, 3.63) is 20.2 Å². The molecule has 1 aromatic heterocycles. The van der Waals surface area contributed by atoms with Crippen LogP contribution in [0.4, 0.5) is 0 Å². The Kier molecular flexibility index (Phi) is 4.93. The van der Waals surface area contributed by atoms with E-state index in [9.17, 15) is 4.79 Å². The Bertz CT molecular complexity index is 367. The Balaban J connectivity index is 2.61. The first-order valence-corrected chi connectivity index (χ1v) is 6.78. The van der Waals surface area contributed by atoms with E-state index < -0.39 is 0 Å². The van der Waals surface area contributed by atoms with Crippen molar-refractivity contribution in [2.75, 3.05) is 5.75 Å². The van der Waals surface area contributed by atoms with Gasteiger partial charge in [-0.15, -0.1) is 0 Å². The topological polar surface area (TPSA) is 22.0 Å². The Morgan fingerprint density at radius 3 is 2.53 bits per heavy atom. The lowest BCUT2D eigenvalue weighted by Crippen LogP contribution is -2.16. The SMILES string of the molecule is Cc1sc(=O)n(CCC(C)CCS)c1C. The smallest absolute Gasteiger partial charge is 0.303 e. The number of nitrogens with zero attached hydrogens (tertiary/aromatic N) is 1. The highest BCUT2D eigenvalue weighted by molar-refractivity contribution is 7.80. The summed E-state index contributed by atoms with van der Waals surface area (Å²) in [5.41, 5.74) is 1.13. The zero-order chi connectivity index (χ0) is 11.4. The van der Waals surface area contributed by atoms with Crippen LogP contribution < -0.4 is 4.87 Å². The average molecular weight is 245 g/mol. The molecule has 0 N–H and O–H groups in total. The van der Waals surface area contributed by atoms with Gasteiger partial charge in [0.05, 0.1) is 0 Å². The van der Waals surface area contributed by atoms with Crippen LogP contribution in [0.2, 0.25) is 0 Å². The third kappa shape index (κ3) is 3.38. The lowest BCUT2D eigenvalue weighted by atomic mass is 10.1. The van der Waals surface area contributed by atoms with E-state index in [0.717, 1.165) is 35.7 Å². The summed E-state index contributed by atoms with van der Waals surface area (Å²) in [6.45, 7) is 7.10. The molecule has 0 radical (unpaired) electrons. The van der Waals surface area contributed by atoms with Crippen molar-refractivity contribution < 1.29 is 0 Å². The molecule has 1 heterocycles. The van der Waals surface area contributed by atoms with Crippen LogP contribution in [-0.2, 0) is 6.54 Å². The van der Waals surface area contributed by atoms with Gasteiger partial charge in [0.15, 0.2) is 0 Å². The molecule has 15 heavy (non-hydrogen) atoms. The summed E-state index contributed by atoms with van der Waals surface area (Å²) in [6.07, 6.45) is 2.19. The van der Waals surface area contributed by atoms with Crippen LogP contribution in [0, 0.1) is 19.8 Å². The second-order valence-corrected chi connectivity index (χ2v) is 5.68. The summed E-state index contributed by atoms with van der Waals surface area (Å²) in [4.78, 5) is 12.9. The minimum absolute atomic E-state index is 0.183. The van der Waals surface area contributed by atoms with Gasteiger partial charge in [0, 0.05) is 17.1 Å². The summed E-state index contributed by atoms with van der Waals surface area (Å²) in [5, 5.41) is 0. The Morgan fingerprint density at radius 1 is 1.40 bits per heavy atom. The number of thiazole rings is 1. The van der Waals surface area contributed by atoms with Crippen molar-refractivity contribution >= 4 is 24.0 Å². The minimum atomic E-state index is 0.183. The summed E-state index contributed by atoms with van der Waals surface area (Å²) >= 11 is 5.57. The van der Waals surface area contributed by atoms with E-state index in [-0.39, 0.29) is 4.87 Å². The van der Waals surface area contributed by atoms with Gasteiger partial charge in [0.2, 0.25) is 0 Å². The van der Waals surface area contributed by atoms with Gasteiger partial charge < -0.3 is 4.57 Å². The second kappa shape index (κ2) is 5.75. The fraction of sp³-hybridized carbons (Fsp3) is 0.727. The molecule has 1 aromatic rings. The number of aromatic nitrogens is 1. The van der Waals surface area contributed by atoms with Crippen molar-refractivity contribution in [1.29, 1.82) is 0 Å². The summed E-state index contributed by atoms with van der Waals surface area (Å²) in [6, 6.07) is 0. The molecule has 0 bridgehead atoms. The highest BCUT2D eigenvalue weighted by atomic mass is 32.1. The maximum absolute atomic E-state index is 11.6. The van der Waals surface area contributed by atoms with E-state index in [0.29, 0.717) is 5.92 Å². The highest BCUT2D eigenvalue weighted by Crippen LogP contribution is 2.13. The Morgan fingerprint density at radius 2 is 2.07 bits per heavy atom. The van der Waals surface area contributed by atoms with Crippen LogP contribution in [0.5, 0.6) is 0 Å². The molecule has 0 saturated carbocycles. The Labute approximate surface area is 101 Å². The van der Waals surface area contributed by atoms with E-state index in [1.54, 1.807) is 0 Å². The molecule has 2 nitrogen and oxygen atoms in total. The molecule has 0 aliphatic carbocycles. The number of aryl methyl sites for hydroxylation is 1. The average Bonchev–Trinajstić information content (AvgIpc) is 2.40. The molecule has 1 atom stereocenters. The minimum Gasteiger partial charge on any atom is -0.303 e. The molecule has 4 heteroatoms. The van der Waals surface area contributed by atoms with Gasteiger partial charge in [-0.1, -0.05) is 18.3 Å². The van der Waals surface area contributed by atoms with E-state index in [1.165, 1.54) is 11.3 Å². The van der Waals surface area contributed by atoms with Gasteiger partial charge in [-0.2, -0.15) is 12.6 Å². The van der Waals surface area contributed by atoms with Crippen molar-refractivity contribution in [2.24, 2.45) is 5.92 Å². The molecular weight excluding hydrogens is 226 g/mol. The monoisotopic (exact) mass is 245 g/mol. The fourth-order valence-electron chi connectivity index (χ4n) is 1.56. The quantitative estimate of drug-likeness (QED) is 0.792. The molecule has 1 unspecified atom stereocenters. The van der Waals surface area contributed by atoms with Gasteiger partial charge in [0.25, 0.3) is 0 Å². The van der Waals surface area contributed by atoms with Crippen LogP contribution in [-0.4, -0.2) is 10.3 Å². The highest BCUT2D eigenvalue weighted by Gasteiger charge is 2.08. The first-order valence-electron chi connectivity index (χ1n) is 5.34. The number of rotatable bonds is 5. The molecule has 0 aromatic carbocycles. The normalized spacial score (nSPS) is 13.1. The molecular formula is C11H19NOS2. The van der Waals surface area contributed by atoms with Crippen molar-refractivity contribution in [3.63, 3.8) is 0 Å². The van der Waals surface area contributed by atoms with Crippen LogP contribution in [0.25, 0.3) is 0 Å². The first-order chi connectivity index (χ1) is 7.06. The van der Waals surface area contributed by atoms with Gasteiger partial charge in [-0.3, -0.25) is 4.79 Å². The standard InChI is InChI=1S/C11H19NOS2/c1-8(5-7-14)4-6-12-9(2)10(3)15-11(12)13/h8,14H,4-7H2,1-3H3. The zero-order valence-electron chi connectivity index (χ0n) is 9.62. The second-order valence-electron chi connectivity index (χ2n) is 4.07. The van der Waals surface area contributed by atoms with E-state index in [2.05, 4.69) is 19.6 Å². The summed E-state index contributed by atoms with van der Waals surface area (Å²) in [7, 11) is 0. The number of hydrogen-bond donors (Lipinski definition) is 1. The maximum Gasteiger partial charge on any atom is 0.307 e. The molecule has 0 spiro atoms. The Hall–Kier alpha value is -0.220. The predicted molar refractivity (Wildman–Crippen MR) is 70.3 cm³/mol. The van der Waals surface area contributed by atoms with Gasteiger partial charge in [-0.05, 0) is 38.4 Å². The van der Waals surface area contributed by atoms with E-state index >= 15 is 0 Å². The van der Waals surface area contributed by atoms with Crippen molar-refractivity contribution in [1.82, 2.24) is 4.57 Å². The van der Waals surface area contributed by atoms with Gasteiger partial charge >= 0.3 is 4.87 Å². The van der Waals surface area contributed by atoms with Gasteiger partial charge in [-0.25, -0.2) is 0 Å². The summed E-state index contributed by atoms with van der Waals surface area (Å²) < 4.78 is 1.90. The lowest BCUT2D eigenvalue weighted by molar-refractivity contribution is 0.465. The molecule has 0 saturated heterocycles. The molecule has 0 amide bonds. The van der Waals surface area contributed by atoms with Crippen LogP contribution in [0.15, 0.2) is 4.79 Å². The predicted octanol–water partition coefficient (Wildman–Crippen LogP) is 2.87. The largest absolute Gasteiger partial charge is 0.307 e. The lowest BCUT2D eigenvalue weighted by Gasteiger charge is -2.10. The van der Waals surface area contributed by atoms with Crippen LogP contribution >= 0.6 is 24.0 Å². The molecule has 86 valence electrons. The molecule has 0 aliphatic rings. The van der Waals surface area contributed by atoms with Crippen molar-refractivity contribution in [2.45, 2.75) is 40.2 Å². The third-order valence-electron chi connectivity index (χ3n) is 2.84. The van der Waals surface area contributed by atoms with Crippen LogP contribution in [0.1, 0.15) is 30.3 Å². The molecule has 0 fully saturated rings. The molecule has 0 aliphatic heterocycles. The third-order valence-corrected chi connectivity index (χ3v) is 4.10. The first kappa shape index (κ1) is 12.8. The fourth-order valence-corrected chi connectivity index (χ4v) is 2.86. The van der Waals surface area contributed by atoms with E-state index in [4.69, 9.17) is 0 Å².